The summed E-state index contributed by atoms with van der Waals surface area (Å²) in [5, 5.41) is 18.4. The molecule has 0 saturated carbocycles. The second kappa shape index (κ2) is 7.09. The van der Waals surface area contributed by atoms with Crippen LogP contribution >= 0.6 is 23.2 Å². The molecule has 2 aromatic carbocycles. The summed E-state index contributed by atoms with van der Waals surface area (Å²) in [5.74, 6) is -0.167. The van der Waals surface area contributed by atoms with Crippen LogP contribution in [0.1, 0.15) is 16.2 Å². The molecular weight excluding hydrogens is 353 g/mol. The number of hydrogen-bond acceptors (Lipinski definition) is 5. The van der Waals surface area contributed by atoms with Crippen molar-refractivity contribution in [2.45, 2.75) is 6.42 Å². The van der Waals surface area contributed by atoms with Crippen molar-refractivity contribution in [3.8, 4) is 0 Å². The van der Waals surface area contributed by atoms with Crippen molar-refractivity contribution in [2.75, 3.05) is 11.9 Å². The summed E-state index contributed by atoms with van der Waals surface area (Å²) in [6, 6.07) is 11.0. The Bertz CT molecular complexity index is 895. The highest BCUT2D eigenvalue weighted by Crippen LogP contribution is 2.29. The van der Waals surface area contributed by atoms with Crippen LogP contribution in [0.25, 0.3) is 10.8 Å². The molecule has 0 radical (unpaired) electrons. The van der Waals surface area contributed by atoms with E-state index < -0.39 is 5.91 Å². The zero-order valence-corrected chi connectivity index (χ0v) is 13.9. The maximum atomic E-state index is 11.2. The van der Waals surface area contributed by atoms with Gasteiger partial charge >= 0.3 is 0 Å². The Hall–Kier alpha value is -2.28. The predicted molar refractivity (Wildman–Crippen MR) is 91.9 cm³/mol. The molecule has 0 fully saturated rings. The van der Waals surface area contributed by atoms with Gasteiger partial charge in [0.05, 0.1) is 10.0 Å². The van der Waals surface area contributed by atoms with E-state index in [2.05, 4.69) is 10.5 Å². The first-order valence-corrected chi connectivity index (χ1v) is 7.85. The zero-order valence-electron chi connectivity index (χ0n) is 12.3. The number of hydrogen-bond donors (Lipinski definition) is 3. The maximum Gasteiger partial charge on any atom is 0.296 e. The minimum Gasteiger partial charge on any atom is -0.385 e. The summed E-state index contributed by atoms with van der Waals surface area (Å²) < 4.78 is 5.03. The number of fused-ring (bicyclic) bond motifs is 1. The number of amides is 1. The molecule has 3 N–H and O–H groups in total. The molecule has 0 atom stereocenters. The van der Waals surface area contributed by atoms with Gasteiger partial charge < -0.3 is 9.84 Å². The van der Waals surface area contributed by atoms with E-state index >= 15 is 0 Å². The molecule has 1 heterocycles. The van der Waals surface area contributed by atoms with Crippen molar-refractivity contribution in [3.63, 3.8) is 0 Å². The molecule has 0 aliphatic heterocycles. The number of carbonyl (C=O) groups excluding carboxylic acids is 1. The lowest BCUT2D eigenvalue weighted by atomic mass is 10.1. The highest BCUT2D eigenvalue weighted by atomic mass is 35.5. The molecule has 3 aromatic rings. The fourth-order valence-corrected chi connectivity index (χ4v) is 2.62. The number of anilines is 1. The first-order chi connectivity index (χ1) is 11.6. The smallest absolute Gasteiger partial charge is 0.296 e. The number of aromatic nitrogens is 1. The number of rotatable bonds is 5. The third-order valence-corrected chi connectivity index (χ3v) is 4.20. The highest BCUT2D eigenvalue weighted by molar-refractivity contribution is 6.42. The Morgan fingerprint density at radius 2 is 1.88 bits per heavy atom. The SMILES string of the molecule is O=C(NO)c1cc(CCNc2ccc3cc(Cl)c(Cl)cc3c2)on1. The summed E-state index contributed by atoms with van der Waals surface area (Å²) in [4.78, 5) is 11.2. The molecule has 8 heteroatoms. The van der Waals surface area contributed by atoms with Crippen LogP contribution in [0.5, 0.6) is 0 Å². The van der Waals surface area contributed by atoms with Gasteiger partial charge in [0, 0.05) is 24.7 Å². The van der Waals surface area contributed by atoms with Gasteiger partial charge in [0.15, 0.2) is 5.69 Å². The fraction of sp³-hybridized carbons (Fsp3) is 0.125. The molecule has 124 valence electrons. The van der Waals surface area contributed by atoms with Crippen LogP contribution in [0.15, 0.2) is 40.9 Å². The van der Waals surface area contributed by atoms with Crippen LogP contribution < -0.4 is 10.8 Å². The van der Waals surface area contributed by atoms with E-state index in [1.165, 1.54) is 11.5 Å². The molecular formula is C16H13Cl2N3O3. The van der Waals surface area contributed by atoms with Crippen molar-refractivity contribution >= 4 is 45.6 Å². The Kier molecular flexibility index (Phi) is 4.89. The third-order valence-electron chi connectivity index (χ3n) is 3.47. The molecule has 1 amide bonds. The van der Waals surface area contributed by atoms with Gasteiger partial charge in [-0.3, -0.25) is 10.0 Å². The first kappa shape index (κ1) is 16.6. The quantitative estimate of drug-likeness (QED) is 0.471. The number of halogens is 2. The highest BCUT2D eigenvalue weighted by Gasteiger charge is 2.11. The Labute approximate surface area is 147 Å². The molecule has 0 spiro atoms. The van der Waals surface area contributed by atoms with Gasteiger partial charge in [-0.2, -0.15) is 0 Å². The van der Waals surface area contributed by atoms with Crippen LogP contribution in [-0.4, -0.2) is 22.8 Å². The molecule has 3 rings (SSSR count). The lowest BCUT2D eigenvalue weighted by Crippen LogP contribution is -2.18. The van der Waals surface area contributed by atoms with E-state index in [9.17, 15) is 4.79 Å². The summed E-state index contributed by atoms with van der Waals surface area (Å²) in [7, 11) is 0. The van der Waals surface area contributed by atoms with E-state index in [4.69, 9.17) is 32.9 Å². The number of nitrogens with one attached hydrogen (secondary N) is 2. The van der Waals surface area contributed by atoms with Gasteiger partial charge in [-0.15, -0.1) is 0 Å². The zero-order chi connectivity index (χ0) is 17.1. The van der Waals surface area contributed by atoms with Crippen LogP contribution in [0.2, 0.25) is 10.0 Å². The maximum absolute atomic E-state index is 11.2. The minimum absolute atomic E-state index is 0.0322. The number of benzene rings is 2. The van der Waals surface area contributed by atoms with E-state index in [1.54, 1.807) is 0 Å². The number of carbonyl (C=O) groups is 1. The number of hydroxylamine groups is 1. The van der Waals surface area contributed by atoms with Crippen molar-refractivity contribution in [2.24, 2.45) is 0 Å². The standard InChI is InChI=1S/C16H13Cl2N3O3/c17-13-6-9-1-2-11(5-10(9)7-14(13)18)19-4-3-12-8-15(21-24-12)16(22)20-23/h1-2,5-8,19,23H,3-4H2,(H,20,22). The number of nitrogens with zero attached hydrogens (tertiary/aromatic N) is 1. The third kappa shape index (κ3) is 3.62. The van der Waals surface area contributed by atoms with Gasteiger partial charge in [-0.25, -0.2) is 5.48 Å². The topological polar surface area (TPSA) is 87.4 Å². The summed E-state index contributed by atoms with van der Waals surface area (Å²) >= 11 is 12.0. The Balaban J connectivity index is 1.64. The molecule has 0 aliphatic rings. The average Bonchev–Trinajstić information content (AvgIpc) is 3.04. The van der Waals surface area contributed by atoms with E-state index in [0.717, 1.165) is 16.5 Å². The Morgan fingerprint density at radius 1 is 1.12 bits per heavy atom. The molecule has 0 unspecified atom stereocenters. The van der Waals surface area contributed by atoms with Gasteiger partial charge in [-0.05, 0) is 35.0 Å². The van der Waals surface area contributed by atoms with E-state index in [1.807, 2.05) is 30.3 Å². The van der Waals surface area contributed by atoms with Gasteiger partial charge in [0.2, 0.25) is 0 Å². The van der Waals surface area contributed by atoms with E-state index in [-0.39, 0.29) is 5.69 Å². The molecule has 1 aromatic heterocycles. The fourth-order valence-electron chi connectivity index (χ4n) is 2.28. The average molecular weight is 366 g/mol. The first-order valence-electron chi connectivity index (χ1n) is 7.09. The molecule has 0 aliphatic carbocycles. The van der Waals surface area contributed by atoms with Gasteiger partial charge in [-0.1, -0.05) is 34.4 Å². The van der Waals surface area contributed by atoms with Crippen LogP contribution in [-0.2, 0) is 6.42 Å². The van der Waals surface area contributed by atoms with Crippen LogP contribution in [0.3, 0.4) is 0 Å². The summed E-state index contributed by atoms with van der Waals surface area (Å²) in [6.07, 6.45) is 0.533. The largest absolute Gasteiger partial charge is 0.385 e. The second-order valence-corrected chi connectivity index (χ2v) is 5.94. The van der Waals surface area contributed by atoms with Gasteiger partial charge in [0.25, 0.3) is 5.91 Å². The summed E-state index contributed by atoms with van der Waals surface area (Å²) in [6.45, 7) is 0.586. The molecule has 6 nitrogen and oxygen atoms in total. The minimum atomic E-state index is -0.706. The predicted octanol–water partition coefficient (Wildman–Crippen LogP) is 3.91. The second-order valence-electron chi connectivity index (χ2n) is 5.12. The van der Waals surface area contributed by atoms with Crippen molar-refractivity contribution in [3.05, 3.63) is 57.9 Å². The van der Waals surface area contributed by atoms with Crippen molar-refractivity contribution in [1.82, 2.24) is 10.6 Å². The molecule has 0 bridgehead atoms. The molecule has 0 saturated heterocycles. The molecule has 24 heavy (non-hydrogen) atoms. The lowest BCUT2D eigenvalue weighted by molar-refractivity contribution is 0.0696. The van der Waals surface area contributed by atoms with Crippen molar-refractivity contribution in [1.29, 1.82) is 0 Å². The lowest BCUT2D eigenvalue weighted by Gasteiger charge is -2.07. The normalized spacial score (nSPS) is 10.8. The summed E-state index contributed by atoms with van der Waals surface area (Å²) in [5.41, 5.74) is 2.46. The van der Waals surface area contributed by atoms with Crippen LogP contribution in [0.4, 0.5) is 5.69 Å². The van der Waals surface area contributed by atoms with Crippen molar-refractivity contribution < 1.29 is 14.5 Å². The monoisotopic (exact) mass is 365 g/mol. The van der Waals surface area contributed by atoms with Crippen LogP contribution in [0, 0.1) is 0 Å². The Morgan fingerprint density at radius 3 is 2.62 bits per heavy atom. The van der Waals surface area contributed by atoms with E-state index in [0.29, 0.717) is 28.8 Å². The van der Waals surface area contributed by atoms with Gasteiger partial charge in [0.1, 0.15) is 5.76 Å².